The van der Waals surface area contributed by atoms with Crippen LogP contribution < -0.4 is 5.32 Å². The van der Waals surface area contributed by atoms with E-state index in [0.29, 0.717) is 12.6 Å². The number of ether oxygens (including phenoxy) is 2. The molecule has 3 unspecified atom stereocenters. The summed E-state index contributed by atoms with van der Waals surface area (Å²) in [6.45, 7) is 1.82. The van der Waals surface area contributed by atoms with Gasteiger partial charge in [0, 0.05) is 11.6 Å². The van der Waals surface area contributed by atoms with Gasteiger partial charge in [-0.05, 0) is 19.4 Å². The van der Waals surface area contributed by atoms with Gasteiger partial charge in [0.1, 0.15) is 0 Å². The lowest BCUT2D eigenvalue weighted by Gasteiger charge is -2.27. The van der Waals surface area contributed by atoms with Gasteiger partial charge in [0.15, 0.2) is 6.29 Å². The minimum atomic E-state index is -0.176. The minimum absolute atomic E-state index is 0.176. The molecule has 0 saturated carbocycles. The molecule has 0 aromatic heterocycles. The molecule has 0 amide bonds. The molecule has 0 bridgehead atoms. The normalized spacial score (nSPS) is 33.8. The van der Waals surface area contributed by atoms with Crippen LogP contribution in [0.2, 0.25) is 0 Å². The summed E-state index contributed by atoms with van der Waals surface area (Å²) in [6.07, 6.45) is 3.82. The van der Waals surface area contributed by atoms with Crippen molar-refractivity contribution in [2.75, 3.05) is 13.2 Å². The predicted molar refractivity (Wildman–Crippen MR) is 65.6 cm³/mol. The summed E-state index contributed by atoms with van der Waals surface area (Å²) >= 11 is 0. The number of piperidine rings is 1. The van der Waals surface area contributed by atoms with E-state index in [1.807, 2.05) is 18.2 Å². The lowest BCUT2D eigenvalue weighted by molar-refractivity contribution is -0.0668. The standard InChI is InChI=1S/C14H19NO2/c1-2-6-11(7-3-1)14-16-10-13(17-14)12-8-4-5-9-15-12/h1-3,6-7,12-15H,4-5,8-10H2. The van der Waals surface area contributed by atoms with Crippen LogP contribution in [0.1, 0.15) is 31.1 Å². The molecule has 3 rings (SSSR count). The summed E-state index contributed by atoms with van der Waals surface area (Å²) in [7, 11) is 0. The summed E-state index contributed by atoms with van der Waals surface area (Å²) in [5.74, 6) is 0. The van der Waals surface area contributed by atoms with Gasteiger partial charge in [0.25, 0.3) is 0 Å². The maximum absolute atomic E-state index is 6.00. The molecule has 1 N–H and O–H groups in total. The maximum atomic E-state index is 6.00. The van der Waals surface area contributed by atoms with Crippen molar-refractivity contribution >= 4 is 0 Å². The first-order chi connectivity index (χ1) is 8.43. The topological polar surface area (TPSA) is 30.5 Å². The third-order valence-electron chi connectivity index (χ3n) is 3.58. The lowest BCUT2D eigenvalue weighted by atomic mass is 10.0. The maximum Gasteiger partial charge on any atom is 0.184 e. The Hall–Kier alpha value is -0.900. The van der Waals surface area contributed by atoms with Crippen molar-refractivity contribution in [2.24, 2.45) is 0 Å². The van der Waals surface area contributed by atoms with Crippen LogP contribution in [0, 0.1) is 0 Å². The molecule has 3 nitrogen and oxygen atoms in total. The minimum Gasteiger partial charge on any atom is -0.346 e. The van der Waals surface area contributed by atoms with Gasteiger partial charge in [-0.2, -0.15) is 0 Å². The zero-order chi connectivity index (χ0) is 11.5. The highest BCUT2D eigenvalue weighted by atomic mass is 16.7. The van der Waals surface area contributed by atoms with Gasteiger partial charge in [-0.1, -0.05) is 36.8 Å². The van der Waals surface area contributed by atoms with Crippen LogP contribution in [0.4, 0.5) is 0 Å². The first kappa shape index (κ1) is 11.2. The third kappa shape index (κ3) is 2.51. The Labute approximate surface area is 102 Å². The lowest BCUT2D eigenvalue weighted by Crippen LogP contribution is -2.44. The molecule has 3 atom stereocenters. The summed E-state index contributed by atoms with van der Waals surface area (Å²) < 4.78 is 11.7. The smallest absolute Gasteiger partial charge is 0.184 e. The van der Waals surface area contributed by atoms with E-state index in [1.54, 1.807) is 0 Å². The number of hydrogen-bond donors (Lipinski definition) is 1. The van der Waals surface area contributed by atoms with Crippen LogP contribution in [0.15, 0.2) is 30.3 Å². The molecule has 0 aliphatic carbocycles. The molecule has 92 valence electrons. The predicted octanol–water partition coefficient (Wildman–Crippen LogP) is 2.24. The fourth-order valence-corrected chi connectivity index (χ4v) is 2.61. The van der Waals surface area contributed by atoms with E-state index in [2.05, 4.69) is 17.4 Å². The number of benzene rings is 1. The average Bonchev–Trinajstić information content (AvgIpc) is 2.90. The molecule has 1 aromatic carbocycles. The molecule has 2 fully saturated rings. The number of hydrogen-bond acceptors (Lipinski definition) is 3. The Bertz CT molecular complexity index is 348. The van der Waals surface area contributed by atoms with Crippen LogP contribution in [-0.2, 0) is 9.47 Å². The summed E-state index contributed by atoms with van der Waals surface area (Å²) in [6, 6.07) is 10.6. The van der Waals surface area contributed by atoms with E-state index in [4.69, 9.17) is 9.47 Å². The van der Waals surface area contributed by atoms with Gasteiger partial charge in [0.2, 0.25) is 0 Å². The SMILES string of the molecule is c1ccc(C2OCC(C3CCCCN3)O2)cc1. The molecule has 0 spiro atoms. The Balaban J connectivity index is 1.61. The molecule has 2 heterocycles. The monoisotopic (exact) mass is 233 g/mol. The molecule has 2 aliphatic rings. The average molecular weight is 233 g/mol. The van der Waals surface area contributed by atoms with Crippen molar-refractivity contribution in [1.82, 2.24) is 5.32 Å². The van der Waals surface area contributed by atoms with Crippen molar-refractivity contribution in [1.29, 1.82) is 0 Å². The van der Waals surface area contributed by atoms with Crippen LogP contribution in [0.25, 0.3) is 0 Å². The van der Waals surface area contributed by atoms with Crippen molar-refractivity contribution in [3.8, 4) is 0 Å². The summed E-state index contributed by atoms with van der Waals surface area (Å²) in [5, 5.41) is 3.53. The van der Waals surface area contributed by atoms with Gasteiger partial charge in [0.05, 0.1) is 12.7 Å². The van der Waals surface area contributed by atoms with Crippen LogP contribution in [-0.4, -0.2) is 25.3 Å². The summed E-state index contributed by atoms with van der Waals surface area (Å²) in [5.41, 5.74) is 1.12. The molecule has 2 aliphatic heterocycles. The van der Waals surface area contributed by atoms with Gasteiger partial charge < -0.3 is 14.8 Å². The molecular formula is C14H19NO2. The summed E-state index contributed by atoms with van der Waals surface area (Å²) in [4.78, 5) is 0. The van der Waals surface area contributed by atoms with E-state index in [9.17, 15) is 0 Å². The first-order valence-electron chi connectivity index (χ1n) is 6.49. The largest absolute Gasteiger partial charge is 0.346 e. The van der Waals surface area contributed by atoms with Gasteiger partial charge in [-0.25, -0.2) is 0 Å². The first-order valence-corrected chi connectivity index (χ1v) is 6.49. The van der Waals surface area contributed by atoms with Gasteiger partial charge in [-0.3, -0.25) is 0 Å². The Morgan fingerprint density at radius 2 is 2.00 bits per heavy atom. The second-order valence-corrected chi connectivity index (χ2v) is 4.81. The molecule has 2 saturated heterocycles. The van der Waals surface area contributed by atoms with E-state index < -0.39 is 0 Å². The molecule has 1 aromatic rings. The zero-order valence-corrected chi connectivity index (χ0v) is 9.97. The second-order valence-electron chi connectivity index (χ2n) is 4.81. The Kier molecular flexibility index (Phi) is 3.41. The quantitative estimate of drug-likeness (QED) is 0.849. The molecule has 0 radical (unpaired) electrons. The van der Waals surface area contributed by atoms with Crippen molar-refractivity contribution in [2.45, 2.75) is 37.7 Å². The molecule has 3 heteroatoms. The van der Waals surface area contributed by atoms with Gasteiger partial charge >= 0.3 is 0 Å². The van der Waals surface area contributed by atoms with Crippen molar-refractivity contribution in [3.63, 3.8) is 0 Å². The molecular weight excluding hydrogens is 214 g/mol. The van der Waals surface area contributed by atoms with Crippen LogP contribution in [0.5, 0.6) is 0 Å². The van der Waals surface area contributed by atoms with E-state index in [-0.39, 0.29) is 12.4 Å². The van der Waals surface area contributed by atoms with Crippen LogP contribution >= 0.6 is 0 Å². The van der Waals surface area contributed by atoms with E-state index in [0.717, 1.165) is 12.1 Å². The Morgan fingerprint density at radius 1 is 1.12 bits per heavy atom. The number of nitrogens with one attached hydrogen (secondary N) is 1. The second kappa shape index (κ2) is 5.17. The zero-order valence-electron chi connectivity index (χ0n) is 9.97. The van der Waals surface area contributed by atoms with Crippen LogP contribution in [0.3, 0.4) is 0 Å². The highest BCUT2D eigenvalue weighted by molar-refractivity contribution is 5.16. The van der Waals surface area contributed by atoms with Crippen molar-refractivity contribution in [3.05, 3.63) is 35.9 Å². The highest BCUT2D eigenvalue weighted by Gasteiger charge is 2.33. The fraction of sp³-hybridized carbons (Fsp3) is 0.571. The van der Waals surface area contributed by atoms with E-state index >= 15 is 0 Å². The fourth-order valence-electron chi connectivity index (χ4n) is 2.61. The third-order valence-corrected chi connectivity index (χ3v) is 3.58. The number of rotatable bonds is 2. The molecule has 17 heavy (non-hydrogen) atoms. The Morgan fingerprint density at radius 3 is 2.76 bits per heavy atom. The van der Waals surface area contributed by atoms with Gasteiger partial charge in [-0.15, -0.1) is 0 Å². The highest BCUT2D eigenvalue weighted by Crippen LogP contribution is 2.29. The van der Waals surface area contributed by atoms with E-state index in [1.165, 1.54) is 19.3 Å². The van der Waals surface area contributed by atoms with Crippen molar-refractivity contribution < 1.29 is 9.47 Å².